The van der Waals surface area contributed by atoms with E-state index in [1.165, 1.54) is 35.3 Å². The molecule has 2 aromatic carbocycles. The van der Waals surface area contributed by atoms with Gasteiger partial charge in [-0.05, 0) is 55.0 Å². The Morgan fingerprint density at radius 2 is 1.86 bits per heavy atom. The molecule has 2 nitrogen and oxygen atoms in total. The maximum absolute atomic E-state index is 5.97. The SMILES string of the molecule is CC1Cc2cc(C3CC3)ccc2N(c2ccccc2)CCO1. The van der Waals surface area contributed by atoms with Crippen molar-refractivity contribution >= 4 is 11.4 Å². The highest BCUT2D eigenvalue weighted by atomic mass is 16.5. The molecule has 1 heterocycles. The summed E-state index contributed by atoms with van der Waals surface area (Å²) in [5.74, 6) is 0.803. The Kier molecular flexibility index (Phi) is 3.63. The Bertz CT molecular complexity index is 648. The van der Waals surface area contributed by atoms with Crippen molar-refractivity contribution in [2.75, 3.05) is 18.1 Å². The minimum atomic E-state index is 0.297. The fourth-order valence-electron chi connectivity index (χ4n) is 3.41. The quantitative estimate of drug-likeness (QED) is 0.798. The van der Waals surface area contributed by atoms with Crippen LogP contribution in [0.2, 0.25) is 0 Å². The van der Waals surface area contributed by atoms with Crippen molar-refractivity contribution in [1.29, 1.82) is 0 Å². The summed E-state index contributed by atoms with van der Waals surface area (Å²) >= 11 is 0. The normalized spacial score (nSPS) is 21.9. The molecule has 114 valence electrons. The van der Waals surface area contributed by atoms with E-state index < -0.39 is 0 Å². The topological polar surface area (TPSA) is 12.5 Å². The maximum Gasteiger partial charge on any atom is 0.0649 e. The van der Waals surface area contributed by atoms with E-state index in [9.17, 15) is 0 Å². The summed E-state index contributed by atoms with van der Waals surface area (Å²) in [7, 11) is 0. The van der Waals surface area contributed by atoms with Crippen molar-refractivity contribution in [3.8, 4) is 0 Å². The molecule has 4 rings (SSSR count). The van der Waals surface area contributed by atoms with Crippen LogP contribution in [0.3, 0.4) is 0 Å². The zero-order valence-corrected chi connectivity index (χ0v) is 13.2. The smallest absolute Gasteiger partial charge is 0.0649 e. The summed E-state index contributed by atoms with van der Waals surface area (Å²) in [6.07, 6.45) is 4.01. The Morgan fingerprint density at radius 1 is 1.05 bits per heavy atom. The molecule has 1 unspecified atom stereocenters. The molecule has 1 saturated carbocycles. The highest BCUT2D eigenvalue weighted by Crippen LogP contribution is 2.42. The minimum absolute atomic E-state index is 0.297. The van der Waals surface area contributed by atoms with Gasteiger partial charge in [0.25, 0.3) is 0 Å². The molecule has 0 amide bonds. The molecule has 0 N–H and O–H groups in total. The summed E-state index contributed by atoms with van der Waals surface area (Å²) in [6, 6.07) is 17.7. The van der Waals surface area contributed by atoms with Crippen molar-refractivity contribution in [2.24, 2.45) is 0 Å². The molecule has 22 heavy (non-hydrogen) atoms. The molecular formula is C20H23NO. The third kappa shape index (κ3) is 2.76. The molecule has 0 saturated heterocycles. The van der Waals surface area contributed by atoms with Gasteiger partial charge < -0.3 is 9.64 Å². The number of para-hydroxylation sites is 1. The molecule has 0 aromatic heterocycles. The standard InChI is InChI=1S/C20H23NO/c1-15-13-18-14-17(16-7-8-16)9-10-20(18)21(11-12-22-15)19-5-3-2-4-6-19/h2-6,9-10,14-16H,7-8,11-13H2,1H3. The second kappa shape index (κ2) is 5.77. The molecule has 1 aliphatic heterocycles. The van der Waals surface area contributed by atoms with Gasteiger partial charge in [-0.15, -0.1) is 0 Å². The van der Waals surface area contributed by atoms with Crippen LogP contribution in [0.1, 0.15) is 36.8 Å². The number of nitrogens with zero attached hydrogens (tertiary/aromatic N) is 1. The lowest BCUT2D eigenvalue weighted by atomic mass is 9.99. The van der Waals surface area contributed by atoms with E-state index in [1.807, 2.05) is 0 Å². The monoisotopic (exact) mass is 293 g/mol. The van der Waals surface area contributed by atoms with E-state index in [1.54, 1.807) is 0 Å². The van der Waals surface area contributed by atoms with E-state index >= 15 is 0 Å². The highest BCUT2D eigenvalue weighted by Gasteiger charge is 2.26. The zero-order chi connectivity index (χ0) is 14.9. The first kappa shape index (κ1) is 13.8. The minimum Gasteiger partial charge on any atom is -0.376 e. The van der Waals surface area contributed by atoms with Crippen LogP contribution < -0.4 is 4.90 Å². The van der Waals surface area contributed by atoms with Crippen molar-refractivity contribution in [1.82, 2.24) is 0 Å². The van der Waals surface area contributed by atoms with Crippen LogP contribution in [-0.2, 0) is 11.2 Å². The summed E-state index contributed by atoms with van der Waals surface area (Å²) < 4.78 is 5.97. The van der Waals surface area contributed by atoms with Crippen molar-refractivity contribution < 1.29 is 4.74 Å². The molecule has 0 spiro atoms. The van der Waals surface area contributed by atoms with Gasteiger partial charge in [0.2, 0.25) is 0 Å². The third-order valence-corrected chi connectivity index (χ3v) is 4.74. The average molecular weight is 293 g/mol. The lowest BCUT2D eigenvalue weighted by Gasteiger charge is -2.31. The van der Waals surface area contributed by atoms with Crippen LogP contribution in [0.5, 0.6) is 0 Å². The lowest BCUT2D eigenvalue weighted by molar-refractivity contribution is 0.0703. The summed E-state index contributed by atoms with van der Waals surface area (Å²) in [5, 5.41) is 0. The Morgan fingerprint density at radius 3 is 2.64 bits per heavy atom. The molecular weight excluding hydrogens is 270 g/mol. The van der Waals surface area contributed by atoms with Crippen LogP contribution >= 0.6 is 0 Å². The van der Waals surface area contributed by atoms with Gasteiger partial charge in [-0.2, -0.15) is 0 Å². The van der Waals surface area contributed by atoms with Gasteiger partial charge in [0.1, 0.15) is 0 Å². The molecule has 2 heteroatoms. The number of anilines is 2. The molecule has 2 aliphatic rings. The maximum atomic E-state index is 5.97. The highest BCUT2D eigenvalue weighted by molar-refractivity contribution is 5.67. The van der Waals surface area contributed by atoms with Crippen LogP contribution in [0.15, 0.2) is 48.5 Å². The molecule has 1 fully saturated rings. The van der Waals surface area contributed by atoms with Gasteiger partial charge in [0, 0.05) is 24.3 Å². The number of hydrogen-bond acceptors (Lipinski definition) is 2. The van der Waals surface area contributed by atoms with Crippen molar-refractivity contribution in [3.63, 3.8) is 0 Å². The Hall–Kier alpha value is -1.80. The third-order valence-electron chi connectivity index (χ3n) is 4.74. The van der Waals surface area contributed by atoms with Crippen LogP contribution in [0.25, 0.3) is 0 Å². The number of benzene rings is 2. The fraction of sp³-hybridized carbons (Fsp3) is 0.400. The predicted octanol–water partition coefficient (Wildman–Crippen LogP) is 4.66. The number of rotatable bonds is 2. The lowest BCUT2D eigenvalue weighted by Crippen LogP contribution is -2.29. The second-order valence-corrected chi connectivity index (χ2v) is 6.54. The van der Waals surface area contributed by atoms with Gasteiger partial charge in [-0.25, -0.2) is 0 Å². The molecule has 0 radical (unpaired) electrons. The average Bonchev–Trinajstić information content (AvgIpc) is 3.36. The van der Waals surface area contributed by atoms with E-state index in [0.717, 1.165) is 25.5 Å². The van der Waals surface area contributed by atoms with E-state index in [-0.39, 0.29) is 0 Å². The van der Waals surface area contributed by atoms with E-state index in [2.05, 4.69) is 60.4 Å². The molecule has 1 aliphatic carbocycles. The number of ether oxygens (including phenoxy) is 1. The summed E-state index contributed by atoms with van der Waals surface area (Å²) in [6.45, 7) is 3.87. The first-order chi connectivity index (χ1) is 10.8. The predicted molar refractivity (Wildman–Crippen MR) is 91.0 cm³/mol. The first-order valence-electron chi connectivity index (χ1n) is 8.38. The zero-order valence-electron chi connectivity index (χ0n) is 13.2. The van der Waals surface area contributed by atoms with Crippen LogP contribution in [-0.4, -0.2) is 19.3 Å². The second-order valence-electron chi connectivity index (χ2n) is 6.54. The van der Waals surface area contributed by atoms with Crippen molar-refractivity contribution in [2.45, 2.75) is 38.2 Å². The van der Waals surface area contributed by atoms with Gasteiger partial charge in [-0.1, -0.05) is 30.3 Å². The fourth-order valence-corrected chi connectivity index (χ4v) is 3.41. The van der Waals surface area contributed by atoms with Gasteiger partial charge >= 0.3 is 0 Å². The Labute approximate surface area is 132 Å². The number of fused-ring (bicyclic) bond motifs is 1. The van der Waals surface area contributed by atoms with Crippen molar-refractivity contribution in [3.05, 3.63) is 59.7 Å². The van der Waals surface area contributed by atoms with Crippen LogP contribution in [0.4, 0.5) is 11.4 Å². The number of hydrogen-bond donors (Lipinski definition) is 0. The van der Waals surface area contributed by atoms with Gasteiger partial charge in [0.05, 0.1) is 12.7 Å². The molecule has 2 aromatic rings. The first-order valence-corrected chi connectivity index (χ1v) is 8.38. The molecule has 0 bridgehead atoms. The summed E-state index contributed by atoms with van der Waals surface area (Å²) in [4.78, 5) is 2.40. The van der Waals surface area contributed by atoms with Crippen LogP contribution in [0, 0.1) is 0 Å². The summed E-state index contributed by atoms with van der Waals surface area (Å²) in [5.41, 5.74) is 5.55. The van der Waals surface area contributed by atoms with Gasteiger partial charge in [-0.3, -0.25) is 0 Å². The Balaban J connectivity index is 1.76. The van der Waals surface area contributed by atoms with Gasteiger partial charge in [0.15, 0.2) is 0 Å². The molecule has 1 atom stereocenters. The largest absolute Gasteiger partial charge is 0.376 e. The van der Waals surface area contributed by atoms with E-state index in [4.69, 9.17) is 4.74 Å². The van der Waals surface area contributed by atoms with E-state index in [0.29, 0.717) is 6.10 Å².